The molecule has 1 aliphatic rings. The number of hydrogen-bond acceptors (Lipinski definition) is 3. The fourth-order valence-electron chi connectivity index (χ4n) is 2.02. The molecule has 20 heavy (non-hydrogen) atoms. The first kappa shape index (κ1) is 14.1. The summed E-state index contributed by atoms with van der Waals surface area (Å²) in [5.41, 5.74) is 2.56. The summed E-state index contributed by atoms with van der Waals surface area (Å²) in [4.78, 5) is 11.5. The molecule has 0 aromatic heterocycles. The lowest BCUT2D eigenvalue weighted by Crippen LogP contribution is -2.11. The lowest BCUT2D eigenvalue weighted by Gasteiger charge is -2.21. The normalized spacial score (nSPS) is 14.4. The van der Waals surface area contributed by atoms with E-state index in [-0.39, 0.29) is 5.82 Å². The van der Waals surface area contributed by atoms with Gasteiger partial charge in [0.1, 0.15) is 18.2 Å². The molecule has 0 fully saturated rings. The summed E-state index contributed by atoms with van der Waals surface area (Å²) in [7, 11) is 1.32. The second kappa shape index (κ2) is 5.74. The predicted octanol–water partition coefficient (Wildman–Crippen LogP) is 3.28. The van der Waals surface area contributed by atoms with Crippen molar-refractivity contribution in [2.24, 2.45) is 0 Å². The van der Waals surface area contributed by atoms with Crippen molar-refractivity contribution < 1.29 is 18.7 Å². The summed E-state index contributed by atoms with van der Waals surface area (Å²) in [6, 6.07) is 4.30. The zero-order valence-corrected chi connectivity index (χ0v) is 11.4. The Bertz CT molecular complexity index is 627. The number of benzene rings is 1. The maximum absolute atomic E-state index is 13.4. The number of hydrogen-bond donors (Lipinski definition) is 0. The molecule has 0 bridgehead atoms. The number of allylic oxidation sites excluding steroid dienone is 2. The van der Waals surface area contributed by atoms with Gasteiger partial charge in [0.2, 0.25) is 0 Å². The molecule has 104 valence electrons. The zero-order valence-electron chi connectivity index (χ0n) is 11.4. The second-order valence-electron chi connectivity index (χ2n) is 4.39. The van der Waals surface area contributed by atoms with Crippen molar-refractivity contribution in [2.75, 3.05) is 13.7 Å². The van der Waals surface area contributed by atoms with Gasteiger partial charge in [-0.1, -0.05) is 12.7 Å². The number of halogens is 1. The Labute approximate surface area is 117 Å². The molecule has 1 aliphatic heterocycles. The third-order valence-electron chi connectivity index (χ3n) is 3.08. The molecule has 0 spiro atoms. The van der Waals surface area contributed by atoms with E-state index < -0.39 is 5.97 Å². The van der Waals surface area contributed by atoms with Crippen LogP contribution in [0.5, 0.6) is 5.75 Å². The van der Waals surface area contributed by atoms with E-state index in [0.717, 1.165) is 11.1 Å². The van der Waals surface area contributed by atoms with Crippen LogP contribution in [-0.4, -0.2) is 19.7 Å². The van der Waals surface area contributed by atoms with E-state index in [1.54, 1.807) is 25.1 Å². The Hall–Kier alpha value is -2.36. The van der Waals surface area contributed by atoms with E-state index in [4.69, 9.17) is 4.74 Å². The van der Waals surface area contributed by atoms with Gasteiger partial charge in [-0.25, -0.2) is 9.18 Å². The van der Waals surface area contributed by atoms with E-state index in [2.05, 4.69) is 11.3 Å². The summed E-state index contributed by atoms with van der Waals surface area (Å²) in [5, 5.41) is 0. The highest BCUT2D eigenvalue weighted by molar-refractivity contribution is 5.94. The molecule has 4 heteroatoms. The Morgan fingerprint density at radius 2 is 2.25 bits per heavy atom. The summed E-state index contributed by atoms with van der Waals surface area (Å²) >= 11 is 0. The van der Waals surface area contributed by atoms with Gasteiger partial charge in [-0.05, 0) is 42.3 Å². The zero-order chi connectivity index (χ0) is 14.7. The van der Waals surface area contributed by atoms with Gasteiger partial charge in [-0.15, -0.1) is 0 Å². The first-order valence-corrected chi connectivity index (χ1v) is 6.11. The fraction of sp³-hybridized carbons (Fsp3) is 0.188. The number of methoxy groups -OCH3 is 1. The van der Waals surface area contributed by atoms with Crippen LogP contribution in [-0.2, 0) is 9.53 Å². The molecule has 2 rings (SSSR count). The maximum atomic E-state index is 13.4. The minimum absolute atomic E-state index is 0.336. The van der Waals surface area contributed by atoms with Gasteiger partial charge in [0.15, 0.2) is 0 Å². The average molecular weight is 274 g/mol. The number of carbonyl (C=O) groups is 1. The van der Waals surface area contributed by atoms with Crippen LogP contribution in [0.25, 0.3) is 5.57 Å². The molecule has 3 nitrogen and oxygen atoms in total. The molecule has 0 N–H and O–H groups in total. The van der Waals surface area contributed by atoms with Crippen LogP contribution in [0.1, 0.15) is 12.5 Å². The van der Waals surface area contributed by atoms with Crippen LogP contribution in [0.3, 0.4) is 0 Å². The van der Waals surface area contributed by atoms with Crippen LogP contribution in [0.15, 0.2) is 48.1 Å². The molecule has 1 heterocycles. The number of fused-ring (bicyclic) bond motifs is 1. The van der Waals surface area contributed by atoms with E-state index in [1.165, 1.54) is 19.2 Å². The van der Waals surface area contributed by atoms with Gasteiger partial charge in [0.25, 0.3) is 0 Å². The van der Waals surface area contributed by atoms with Gasteiger partial charge in [-0.2, -0.15) is 0 Å². The molecule has 0 saturated heterocycles. The van der Waals surface area contributed by atoms with Gasteiger partial charge in [-0.3, -0.25) is 0 Å². The largest absolute Gasteiger partial charge is 0.488 e. The lowest BCUT2D eigenvalue weighted by molar-refractivity contribution is -0.136. The van der Waals surface area contributed by atoms with Crippen LogP contribution >= 0.6 is 0 Å². The van der Waals surface area contributed by atoms with Gasteiger partial charge < -0.3 is 9.47 Å². The molecule has 0 aliphatic carbocycles. The number of esters is 1. The molecule has 0 radical (unpaired) electrons. The van der Waals surface area contributed by atoms with E-state index >= 15 is 0 Å². The Morgan fingerprint density at radius 1 is 1.50 bits per heavy atom. The van der Waals surface area contributed by atoms with Crippen LogP contribution in [0.2, 0.25) is 0 Å². The van der Waals surface area contributed by atoms with Crippen LogP contribution in [0.4, 0.5) is 4.39 Å². The van der Waals surface area contributed by atoms with Crippen molar-refractivity contribution in [3.8, 4) is 5.75 Å². The fourth-order valence-corrected chi connectivity index (χ4v) is 2.02. The number of rotatable bonds is 3. The third kappa shape index (κ3) is 2.64. The quantitative estimate of drug-likeness (QED) is 0.627. The van der Waals surface area contributed by atoms with Crippen molar-refractivity contribution in [3.05, 3.63) is 59.5 Å². The summed E-state index contributed by atoms with van der Waals surface area (Å²) < 4.78 is 23.7. The average Bonchev–Trinajstić information content (AvgIpc) is 2.46. The molecular formula is C16H15FO3. The second-order valence-corrected chi connectivity index (χ2v) is 4.39. The summed E-state index contributed by atoms with van der Waals surface area (Å²) in [5.74, 6) is -0.203. The van der Waals surface area contributed by atoms with Crippen molar-refractivity contribution in [2.45, 2.75) is 6.92 Å². The van der Waals surface area contributed by atoms with Gasteiger partial charge in [0, 0.05) is 11.1 Å². The van der Waals surface area contributed by atoms with Gasteiger partial charge >= 0.3 is 5.97 Å². The Balaban J connectivity index is 2.57. The van der Waals surface area contributed by atoms with Crippen LogP contribution in [0, 0.1) is 5.82 Å². The molecular weight excluding hydrogens is 259 g/mol. The maximum Gasteiger partial charge on any atom is 0.333 e. The lowest BCUT2D eigenvalue weighted by atomic mass is 9.95. The van der Waals surface area contributed by atoms with Crippen molar-refractivity contribution in [1.82, 2.24) is 0 Å². The number of carbonyl (C=O) groups excluding carboxylic acids is 1. The van der Waals surface area contributed by atoms with E-state index in [0.29, 0.717) is 23.5 Å². The van der Waals surface area contributed by atoms with E-state index in [9.17, 15) is 9.18 Å². The SMILES string of the molecule is C=CC1=C(/C=C(\C)C(=O)OC)c2cc(F)ccc2OC1. The predicted molar refractivity (Wildman–Crippen MR) is 74.8 cm³/mol. The molecule has 1 aromatic carbocycles. The third-order valence-corrected chi connectivity index (χ3v) is 3.08. The van der Waals surface area contributed by atoms with Crippen molar-refractivity contribution in [1.29, 1.82) is 0 Å². The molecule has 0 unspecified atom stereocenters. The first-order chi connectivity index (χ1) is 9.56. The van der Waals surface area contributed by atoms with Crippen LogP contribution < -0.4 is 4.74 Å². The van der Waals surface area contributed by atoms with Crippen molar-refractivity contribution >= 4 is 11.5 Å². The highest BCUT2D eigenvalue weighted by Crippen LogP contribution is 2.35. The first-order valence-electron chi connectivity index (χ1n) is 6.11. The topological polar surface area (TPSA) is 35.5 Å². The molecule has 0 saturated carbocycles. The summed E-state index contributed by atoms with van der Waals surface area (Å²) in [6.07, 6.45) is 3.31. The van der Waals surface area contributed by atoms with Crippen molar-refractivity contribution in [3.63, 3.8) is 0 Å². The number of ether oxygens (including phenoxy) is 2. The molecule has 0 amide bonds. The van der Waals surface area contributed by atoms with Gasteiger partial charge in [0.05, 0.1) is 7.11 Å². The smallest absolute Gasteiger partial charge is 0.333 e. The molecule has 0 atom stereocenters. The highest BCUT2D eigenvalue weighted by Gasteiger charge is 2.19. The minimum Gasteiger partial charge on any atom is -0.488 e. The monoisotopic (exact) mass is 274 g/mol. The Kier molecular flexibility index (Phi) is 4.03. The standard InChI is InChI=1S/C16H15FO3/c1-4-11-9-20-15-6-5-12(17)8-14(15)13(11)7-10(2)16(18)19-3/h4-8H,1,9H2,2-3H3/b10-7+. The minimum atomic E-state index is -0.426. The molecule has 1 aromatic rings. The Morgan fingerprint density at radius 3 is 2.90 bits per heavy atom. The highest BCUT2D eigenvalue weighted by atomic mass is 19.1. The summed E-state index contributed by atoms with van der Waals surface area (Å²) in [6.45, 7) is 5.71. The van der Waals surface area contributed by atoms with E-state index in [1.807, 2.05) is 0 Å².